The van der Waals surface area contributed by atoms with E-state index in [1.165, 1.54) is 11.4 Å². The third-order valence-electron chi connectivity index (χ3n) is 6.50. The molecule has 0 aliphatic heterocycles. The first-order chi connectivity index (χ1) is 19.8. The molecule has 0 aromatic heterocycles. The van der Waals surface area contributed by atoms with Crippen LogP contribution in [0.25, 0.3) is 0 Å². The van der Waals surface area contributed by atoms with Crippen molar-refractivity contribution in [3.63, 3.8) is 0 Å². The lowest BCUT2D eigenvalue weighted by atomic mass is 10.00. The van der Waals surface area contributed by atoms with Crippen LogP contribution in [0.4, 0.5) is 5.69 Å². The molecule has 3 rings (SSSR count). The number of anilines is 1. The molecule has 0 fully saturated rings. The van der Waals surface area contributed by atoms with E-state index in [2.05, 4.69) is 5.32 Å². The average Bonchev–Trinajstić information content (AvgIpc) is 2.92. The summed E-state index contributed by atoms with van der Waals surface area (Å²) in [6.45, 7) is 5.93. The molecule has 3 aromatic carbocycles. The lowest BCUT2D eigenvalue weighted by Crippen LogP contribution is -2.54. The molecule has 1 unspecified atom stereocenters. The Morgan fingerprint density at radius 2 is 1.62 bits per heavy atom. The molecule has 10 heteroatoms. The molecule has 0 heterocycles. The van der Waals surface area contributed by atoms with E-state index in [4.69, 9.17) is 16.3 Å². The summed E-state index contributed by atoms with van der Waals surface area (Å²) in [5.41, 5.74) is 1.64. The highest BCUT2D eigenvalue weighted by molar-refractivity contribution is 7.92. The van der Waals surface area contributed by atoms with Gasteiger partial charge in [0.1, 0.15) is 11.8 Å². The molecular weight excluding hydrogens is 574 g/mol. The zero-order valence-corrected chi connectivity index (χ0v) is 26.4. The molecular formula is C32H40ClN3O5S. The molecule has 0 bridgehead atoms. The fourth-order valence-electron chi connectivity index (χ4n) is 4.61. The van der Waals surface area contributed by atoms with Gasteiger partial charge in [-0.1, -0.05) is 60.1 Å². The second kappa shape index (κ2) is 14.6. The summed E-state index contributed by atoms with van der Waals surface area (Å²) < 4.78 is 31.9. The van der Waals surface area contributed by atoms with E-state index in [-0.39, 0.29) is 37.7 Å². The van der Waals surface area contributed by atoms with Crippen LogP contribution in [0.2, 0.25) is 5.02 Å². The molecule has 0 saturated heterocycles. The maximum Gasteiger partial charge on any atom is 0.243 e. The Balaban J connectivity index is 1.91. The van der Waals surface area contributed by atoms with Gasteiger partial charge in [-0.25, -0.2) is 8.42 Å². The normalized spacial score (nSPS) is 12.3. The highest BCUT2D eigenvalue weighted by atomic mass is 35.5. The number of hydrogen-bond donors (Lipinski definition) is 1. The number of sulfonamides is 1. The molecule has 0 aliphatic rings. The number of ether oxygens (including phenoxy) is 1. The number of halogens is 1. The maximum absolute atomic E-state index is 13.9. The van der Waals surface area contributed by atoms with Crippen LogP contribution >= 0.6 is 11.6 Å². The van der Waals surface area contributed by atoms with Gasteiger partial charge in [-0.15, -0.1) is 0 Å². The van der Waals surface area contributed by atoms with E-state index < -0.39 is 21.6 Å². The zero-order chi connectivity index (χ0) is 30.9. The Hall–Kier alpha value is -3.56. The van der Waals surface area contributed by atoms with Gasteiger partial charge in [0, 0.05) is 42.6 Å². The fourth-order valence-corrected chi connectivity index (χ4v) is 5.78. The Morgan fingerprint density at radius 1 is 0.952 bits per heavy atom. The van der Waals surface area contributed by atoms with E-state index in [0.29, 0.717) is 22.9 Å². The van der Waals surface area contributed by atoms with Gasteiger partial charge in [-0.3, -0.25) is 13.9 Å². The van der Waals surface area contributed by atoms with E-state index in [9.17, 15) is 18.0 Å². The molecule has 1 N–H and O–H groups in total. The number of amides is 2. The first kappa shape index (κ1) is 32.9. The summed E-state index contributed by atoms with van der Waals surface area (Å²) in [5, 5.41) is 3.57. The lowest BCUT2D eigenvalue weighted by molar-refractivity contribution is -0.142. The number of nitrogens with one attached hydrogen (secondary N) is 1. The molecule has 2 amide bonds. The third kappa shape index (κ3) is 10.1. The summed E-state index contributed by atoms with van der Waals surface area (Å²) >= 11 is 6.25. The van der Waals surface area contributed by atoms with Gasteiger partial charge in [-0.2, -0.15) is 0 Å². The predicted molar refractivity (Wildman–Crippen MR) is 168 cm³/mol. The van der Waals surface area contributed by atoms with E-state index in [0.717, 1.165) is 17.4 Å². The van der Waals surface area contributed by atoms with Gasteiger partial charge >= 0.3 is 0 Å². The van der Waals surface area contributed by atoms with Crippen molar-refractivity contribution >= 4 is 39.1 Å². The number of hydrogen-bond acceptors (Lipinski definition) is 5. The van der Waals surface area contributed by atoms with Crippen molar-refractivity contribution in [3.05, 3.63) is 95.0 Å². The molecule has 0 spiro atoms. The summed E-state index contributed by atoms with van der Waals surface area (Å²) in [5.74, 6) is -0.00605. The molecule has 8 nitrogen and oxygen atoms in total. The van der Waals surface area contributed by atoms with Crippen molar-refractivity contribution in [3.8, 4) is 5.75 Å². The Kier molecular flexibility index (Phi) is 11.4. The summed E-state index contributed by atoms with van der Waals surface area (Å²) in [4.78, 5) is 29.2. The minimum absolute atomic E-state index is 0.0324. The number of carbonyl (C=O) groups excluding carboxylic acids is 2. The number of methoxy groups -OCH3 is 1. The molecule has 1 atom stereocenters. The van der Waals surface area contributed by atoms with Crippen LogP contribution in [-0.4, -0.2) is 56.6 Å². The summed E-state index contributed by atoms with van der Waals surface area (Å²) in [7, 11) is -2.12. The average molecular weight is 614 g/mol. The first-order valence-corrected chi connectivity index (χ1v) is 16.0. The minimum Gasteiger partial charge on any atom is -0.497 e. The van der Waals surface area contributed by atoms with Gasteiger partial charge in [-0.05, 0) is 62.6 Å². The molecule has 42 heavy (non-hydrogen) atoms. The number of nitrogens with zero attached hydrogens (tertiary/aromatic N) is 2. The Bertz CT molecular complexity index is 1460. The van der Waals surface area contributed by atoms with Crippen molar-refractivity contribution in [2.75, 3.05) is 24.2 Å². The van der Waals surface area contributed by atoms with Gasteiger partial charge < -0.3 is 15.0 Å². The van der Waals surface area contributed by atoms with Gasteiger partial charge in [0.25, 0.3) is 0 Å². The van der Waals surface area contributed by atoms with Crippen molar-refractivity contribution in [2.45, 2.75) is 58.2 Å². The monoisotopic (exact) mass is 613 g/mol. The molecule has 0 saturated carbocycles. The highest BCUT2D eigenvalue weighted by Gasteiger charge is 2.32. The summed E-state index contributed by atoms with van der Waals surface area (Å²) in [6.07, 6.45) is 1.72. The van der Waals surface area contributed by atoms with Crippen molar-refractivity contribution in [1.29, 1.82) is 0 Å². The predicted octanol–water partition coefficient (Wildman–Crippen LogP) is 5.45. The van der Waals surface area contributed by atoms with Crippen molar-refractivity contribution in [2.24, 2.45) is 0 Å². The van der Waals surface area contributed by atoms with Crippen molar-refractivity contribution < 1.29 is 22.7 Å². The fraction of sp³-hybridized carbons (Fsp3) is 0.375. The van der Waals surface area contributed by atoms with Crippen LogP contribution in [-0.2, 0) is 32.6 Å². The largest absolute Gasteiger partial charge is 0.497 e. The summed E-state index contributed by atoms with van der Waals surface area (Å²) in [6, 6.07) is 22.7. The maximum atomic E-state index is 13.9. The molecule has 226 valence electrons. The Morgan fingerprint density at radius 3 is 2.24 bits per heavy atom. The number of carbonyl (C=O) groups is 2. The second-order valence-corrected chi connectivity index (χ2v) is 13.6. The smallest absolute Gasteiger partial charge is 0.243 e. The van der Waals surface area contributed by atoms with E-state index >= 15 is 0 Å². The molecule has 0 aliphatic carbocycles. The molecule has 0 radical (unpaired) electrons. The third-order valence-corrected chi connectivity index (χ3v) is 7.93. The van der Waals surface area contributed by atoms with Crippen LogP contribution in [0, 0.1) is 0 Å². The standard InChI is InChI=1S/C32H40ClN3O5S/c1-32(2,3)34-31(38)29(21-24-12-7-6-8-13-24)35(23-25-14-9-15-26(33)20-25)30(37)18-11-19-36(42(5,39)40)27-16-10-17-28(22-27)41-4/h6-10,12-17,20,22,29H,11,18-19,21,23H2,1-5H3,(H,34,38). The quantitative estimate of drug-likeness (QED) is 0.277. The zero-order valence-electron chi connectivity index (χ0n) is 24.8. The van der Waals surface area contributed by atoms with Gasteiger partial charge in [0.15, 0.2) is 0 Å². The van der Waals surface area contributed by atoms with Crippen LogP contribution in [0.5, 0.6) is 5.75 Å². The Labute approximate surface area is 254 Å². The van der Waals surface area contributed by atoms with Crippen LogP contribution in [0.1, 0.15) is 44.7 Å². The van der Waals surface area contributed by atoms with E-state index in [1.54, 1.807) is 47.4 Å². The second-order valence-electron chi connectivity index (χ2n) is 11.2. The van der Waals surface area contributed by atoms with Gasteiger partial charge in [0.05, 0.1) is 19.1 Å². The van der Waals surface area contributed by atoms with E-state index in [1.807, 2.05) is 57.2 Å². The number of benzene rings is 3. The SMILES string of the molecule is COc1cccc(N(CCCC(=O)N(Cc2cccc(Cl)c2)C(Cc2ccccc2)C(=O)NC(C)(C)C)S(C)(=O)=O)c1. The minimum atomic E-state index is -3.63. The van der Waals surface area contributed by atoms with Crippen LogP contribution in [0.3, 0.4) is 0 Å². The highest BCUT2D eigenvalue weighted by Crippen LogP contribution is 2.24. The van der Waals surface area contributed by atoms with Crippen molar-refractivity contribution in [1.82, 2.24) is 10.2 Å². The molecule has 3 aromatic rings. The van der Waals surface area contributed by atoms with Gasteiger partial charge in [0.2, 0.25) is 21.8 Å². The lowest BCUT2D eigenvalue weighted by Gasteiger charge is -2.34. The topological polar surface area (TPSA) is 96.0 Å². The van der Waals surface area contributed by atoms with Crippen LogP contribution in [0.15, 0.2) is 78.9 Å². The van der Waals surface area contributed by atoms with Crippen LogP contribution < -0.4 is 14.4 Å². The first-order valence-electron chi connectivity index (χ1n) is 13.8. The number of rotatable bonds is 13.